The van der Waals surface area contributed by atoms with Crippen molar-refractivity contribution in [3.05, 3.63) is 46.0 Å². The maximum absolute atomic E-state index is 12.5. The molecule has 5 nitrogen and oxygen atoms in total. The third-order valence-corrected chi connectivity index (χ3v) is 6.30. The molecule has 2 aliphatic rings. The van der Waals surface area contributed by atoms with Crippen molar-refractivity contribution in [2.24, 2.45) is 11.3 Å². The van der Waals surface area contributed by atoms with Gasteiger partial charge in [-0.1, -0.05) is 31.4 Å². The second-order valence-corrected chi connectivity index (χ2v) is 7.67. The second kappa shape index (κ2) is 7.65. The van der Waals surface area contributed by atoms with Crippen LogP contribution in [0.3, 0.4) is 0 Å². The number of hydrogen-bond donors (Lipinski definition) is 1. The Morgan fingerprint density at radius 2 is 1.77 bits per heavy atom. The molecule has 1 spiro atoms. The van der Waals surface area contributed by atoms with Crippen LogP contribution in [0.25, 0.3) is 0 Å². The third-order valence-electron chi connectivity index (χ3n) is 5.23. The maximum atomic E-state index is 12.5. The Bertz CT molecular complexity index is 861. The highest BCUT2D eigenvalue weighted by Gasteiger charge is 2.51. The van der Waals surface area contributed by atoms with Gasteiger partial charge >= 0.3 is 0 Å². The first kappa shape index (κ1) is 18.1. The van der Waals surface area contributed by atoms with Crippen molar-refractivity contribution in [3.63, 3.8) is 0 Å². The minimum Gasteiger partial charge on any atom is -0.319 e. The van der Waals surface area contributed by atoms with Gasteiger partial charge in [0.25, 0.3) is 0 Å². The summed E-state index contributed by atoms with van der Waals surface area (Å²) in [7, 11) is 0. The normalized spacial score (nSPS) is 21.4. The fourth-order valence-corrected chi connectivity index (χ4v) is 4.94. The summed E-state index contributed by atoms with van der Waals surface area (Å²) in [6.45, 7) is 0. The van der Waals surface area contributed by atoms with Crippen LogP contribution >= 0.6 is 11.8 Å². The number of benzene rings is 1. The van der Waals surface area contributed by atoms with Gasteiger partial charge < -0.3 is 5.32 Å². The average molecular weight is 362 g/mol. The summed E-state index contributed by atoms with van der Waals surface area (Å²) in [4.78, 5) is 12.5. The van der Waals surface area contributed by atoms with Gasteiger partial charge in [-0.15, -0.1) is 11.8 Å². The van der Waals surface area contributed by atoms with E-state index >= 15 is 0 Å². The molecule has 0 bridgehead atoms. The molecule has 130 valence electrons. The number of amides is 1. The molecule has 26 heavy (non-hydrogen) atoms. The zero-order chi connectivity index (χ0) is 18.6. The number of carbonyl (C=O) groups excluding carboxylic acids is 1. The van der Waals surface area contributed by atoms with Crippen LogP contribution < -0.4 is 5.32 Å². The van der Waals surface area contributed by atoms with Gasteiger partial charge in [0.2, 0.25) is 5.91 Å². The number of nitrogens with one attached hydrogen (secondary N) is 1. The van der Waals surface area contributed by atoms with Gasteiger partial charge in [-0.25, -0.2) is 0 Å². The lowest BCUT2D eigenvalue weighted by atomic mass is 9.61. The Balaban J connectivity index is 1.90. The quantitative estimate of drug-likeness (QED) is 0.882. The highest BCUT2D eigenvalue weighted by Crippen LogP contribution is 2.52. The van der Waals surface area contributed by atoms with Crippen molar-refractivity contribution in [1.29, 1.82) is 15.8 Å². The van der Waals surface area contributed by atoms with Gasteiger partial charge in [0.1, 0.15) is 5.92 Å². The van der Waals surface area contributed by atoms with Gasteiger partial charge in [0.05, 0.1) is 34.4 Å². The van der Waals surface area contributed by atoms with Crippen molar-refractivity contribution in [2.45, 2.75) is 37.9 Å². The maximum Gasteiger partial charge on any atom is 0.243 e. The zero-order valence-electron chi connectivity index (χ0n) is 14.3. The molecule has 1 heterocycles. The molecule has 1 saturated carbocycles. The first-order valence-electron chi connectivity index (χ1n) is 8.62. The minimum absolute atomic E-state index is 0.296. The summed E-state index contributed by atoms with van der Waals surface area (Å²) in [5, 5.41) is 31.6. The van der Waals surface area contributed by atoms with Crippen LogP contribution in [-0.4, -0.2) is 5.91 Å². The van der Waals surface area contributed by atoms with Gasteiger partial charge in [0, 0.05) is 11.2 Å². The van der Waals surface area contributed by atoms with E-state index in [1.807, 2.05) is 12.1 Å². The molecule has 1 aromatic carbocycles. The Morgan fingerprint density at radius 1 is 1.08 bits per heavy atom. The standard InChI is InChI=1S/C20H18N4OS/c21-10-14-4-6-15(7-5-14)13-26-19-17(12-23)20(8-2-1-3-9-20)16(11-22)18(25)24-19/h4-7,16H,1-3,8-9,13H2,(H,24,25)/t16-/m1/s1. The molecule has 1 aliphatic heterocycles. The average Bonchev–Trinajstić information content (AvgIpc) is 2.67. The van der Waals surface area contributed by atoms with E-state index in [4.69, 9.17) is 5.26 Å². The van der Waals surface area contributed by atoms with Crippen molar-refractivity contribution >= 4 is 17.7 Å². The smallest absolute Gasteiger partial charge is 0.243 e. The first-order valence-corrected chi connectivity index (χ1v) is 9.60. The van der Waals surface area contributed by atoms with E-state index in [-0.39, 0.29) is 5.91 Å². The molecule has 1 amide bonds. The lowest BCUT2D eigenvalue weighted by molar-refractivity contribution is -0.126. The molecular weight excluding hydrogens is 344 g/mol. The van der Waals surface area contributed by atoms with E-state index in [2.05, 4.69) is 23.5 Å². The summed E-state index contributed by atoms with van der Waals surface area (Å²) < 4.78 is 0. The molecule has 1 aromatic rings. The zero-order valence-corrected chi connectivity index (χ0v) is 15.1. The number of nitriles is 3. The molecule has 3 rings (SSSR count). The predicted octanol–water partition coefficient (Wildman–Crippen LogP) is 3.75. The molecule has 1 aliphatic carbocycles. The van der Waals surface area contributed by atoms with Crippen LogP contribution in [0.4, 0.5) is 0 Å². The van der Waals surface area contributed by atoms with Crippen molar-refractivity contribution in [2.75, 3.05) is 0 Å². The Labute approximate surface area is 157 Å². The van der Waals surface area contributed by atoms with Crippen LogP contribution in [0.15, 0.2) is 34.9 Å². The summed E-state index contributed by atoms with van der Waals surface area (Å²) in [6, 6.07) is 13.8. The van der Waals surface area contributed by atoms with Crippen LogP contribution in [0.2, 0.25) is 0 Å². The predicted molar refractivity (Wildman–Crippen MR) is 97.9 cm³/mol. The highest BCUT2D eigenvalue weighted by atomic mass is 32.2. The SMILES string of the molecule is N#CC1=C(SCc2ccc(C#N)cc2)NC(=O)[C@@H](C#N)C12CCCCC2. The van der Waals surface area contributed by atoms with E-state index in [1.54, 1.807) is 12.1 Å². The molecule has 0 radical (unpaired) electrons. The minimum atomic E-state index is -0.795. The molecule has 1 N–H and O–H groups in total. The summed E-state index contributed by atoms with van der Waals surface area (Å²) in [5.41, 5.74) is 1.52. The molecule has 1 fully saturated rings. The molecule has 1 atom stereocenters. The van der Waals surface area contributed by atoms with E-state index in [0.29, 0.717) is 34.8 Å². The van der Waals surface area contributed by atoms with E-state index in [9.17, 15) is 15.3 Å². The highest BCUT2D eigenvalue weighted by molar-refractivity contribution is 8.02. The number of hydrogen-bond acceptors (Lipinski definition) is 5. The fraction of sp³-hybridized carbons (Fsp3) is 0.400. The Hall–Kier alpha value is -2.75. The lowest BCUT2D eigenvalue weighted by Crippen LogP contribution is -2.48. The lowest BCUT2D eigenvalue weighted by Gasteiger charge is -2.43. The fourth-order valence-electron chi connectivity index (χ4n) is 3.87. The first-order chi connectivity index (χ1) is 12.6. The molecule has 6 heteroatoms. The third kappa shape index (κ3) is 3.19. The van der Waals surface area contributed by atoms with Crippen LogP contribution in [-0.2, 0) is 10.5 Å². The number of allylic oxidation sites excluding steroid dienone is 1. The van der Waals surface area contributed by atoms with Gasteiger partial charge in [-0.3, -0.25) is 4.79 Å². The number of rotatable bonds is 3. The number of carbonyl (C=O) groups is 1. The largest absolute Gasteiger partial charge is 0.319 e. The van der Waals surface area contributed by atoms with Crippen LogP contribution in [0, 0.1) is 45.3 Å². The van der Waals surface area contributed by atoms with Gasteiger partial charge in [0.15, 0.2) is 0 Å². The number of nitrogens with zero attached hydrogens (tertiary/aromatic N) is 3. The van der Waals surface area contributed by atoms with Crippen molar-refractivity contribution in [3.8, 4) is 18.2 Å². The van der Waals surface area contributed by atoms with Crippen molar-refractivity contribution < 1.29 is 4.79 Å². The van der Waals surface area contributed by atoms with E-state index in [1.165, 1.54) is 11.8 Å². The summed E-state index contributed by atoms with van der Waals surface area (Å²) in [5.74, 6) is -0.507. The Morgan fingerprint density at radius 3 is 2.35 bits per heavy atom. The summed E-state index contributed by atoms with van der Waals surface area (Å²) >= 11 is 1.41. The number of thioether (sulfide) groups is 1. The van der Waals surface area contributed by atoms with Gasteiger partial charge in [-0.2, -0.15) is 15.8 Å². The topological polar surface area (TPSA) is 100 Å². The van der Waals surface area contributed by atoms with Crippen LogP contribution in [0.5, 0.6) is 0 Å². The van der Waals surface area contributed by atoms with Crippen molar-refractivity contribution in [1.82, 2.24) is 5.32 Å². The monoisotopic (exact) mass is 362 g/mol. The molecule has 0 unspecified atom stereocenters. The molecular formula is C20H18N4OS. The summed E-state index contributed by atoms with van der Waals surface area (Å²) in [6.07, 6.45) is 4.37. The van der Waals surface area contributed by atoms with Gasteiger partial charge in [-0.05, 0) is 30.5 Å². The molecule has 0 aromatic heterocycles. The van der Waals surface area contributed by atoms with E-state index in [0.717, 1.165) is 24.8 Å². The second-order valence-electron chi connectivity index (χ2n) is 6.68. The molecule has 0 saturated heterocycles. The Kier molecular flexibility index (Phi) is 5.31. The van der Waals surface area contributed by atoms with E-state index < -0.39 is 11.3 Å². The van der Waals surface area contributed by atoms with Crippen LogP contribution in [0.1, 0.15) is 43.2 Å².